The second-order valence-corrected chi connectivity index (χ2v) is 7.83. The molecule has 3 aromatic rings. The maximum absolute atomic E-state index is 13.0. The third-order valence-electron chi connectivity index (χ3n) is 4.78. The molecule has 1 N–H and O–H groups in total. The number of nitrogens with zero attached hydrogens (tertiary/aromatic N) is 4. The van der Waals surface area contributed by atoms with Crippen LogP contribution in [0.3, 0.4) is 0 Å². The highest BCUT2D eigenvalue weighted by molar-refractivity contribution is 7.15. The highest BCUT2D eigenvalue weighted by Gasteiger charge is 2.27. The fourth-order valence-corrected chi connectivity index (χ4v) is 3.89. The van der Waals surface area contributed by atoms with Gasteiger partial charge in [0.2, 0.25) is 5.13 Å². The molecular weight excluding hydrogens is 402 g/mol. The van der Waals surface area contributed by atoms with E-state index in [1.54, 1.807) is 24.1 Å². The summed E-state index contributed by atoms with van der Waals surface area (Å²) >= 11 is 1.51. The van der Waals surface area contributed by atoms with Gasteiger partial charge in [-0.15, -0.1) is 10.2 Å². The zero-order valence-corrected chi connectivity index (χ0v) is 17.7. The first kappa shape index (κ1) is 20.2. The van der Waals surface area contributed by atoms with Gasteiger partial charge in [-0.1, -0.05) is 30.4 Å². The number of hydrogen-bond acceptors (Lipinski definition) is 8. The average molecular weight is 426 g/mol. The number of aromatic nitrogens is 3. The summed E-state index contributed by atoms with van der Waals surface area (Å²) in [7, 11) is 1.59. The molecule has 30 heavy (non-hydrogen) atoms. The van der Waals surface area contributed by atoms with Crippen LogP contribution in [0.15, 0.2) is 42.5 Å². The lowest BCUT2D eigenvalue weighted by Gasteiger charge is -2.33. The molecule has 4 rings (SSSR count). The number of aryl methyl sites for hydroxylation is 1. The van der Waals surface area contributed by atoms with Crippen LogP contribution in [-0.2, 0) is 11.2 Å². The summed E-state index contributed by atoms with van der Waals surface area (Å²) in [6.07, 6.45) is 0.551. The Morgan fingerprint density at radius 1 is 1.30 bits per heavy atom. The van der Waals surface area contributed by atoms with E-state index in [2.05, 4.69) is 20.5 Å². The Hall–Kier alpha value is -3.04. The molecule has 1 unspecified atom stereocenters. The lowest BCUT2D eigenvalue weighted by atomic mass is 10.1. The molecule has 1 aliphatic heterocycles. The predicted octanol–water partition coefficient (Wildman–Crippen LogP) is 3.46. The Labute approximate surface area is 178 Å². The molecule has 8 nitrogen and oxygen atoms in total. The topological polar surface area (TPSA) is 89.5 Å². The van der Waals surface area contributed by atoms with Crippen LogP contribution in [0.2, 0.25) is 0 Å². The predicted molar refractivity (Wildman–Crippen MR) is 114 cm³/mol. The number of carbonyl (C=O) groups excluding carboxylic acids is 1. The number of rotatable bonds is 6. The van der Waals surface area contributed by atoms with Crippen LogP contribution in [-0.4, -0.2) is 52.8 Å². The number of hydrogen-bond donors (Lipinski definition) is 1. The third-order valence-corrected chi connectivity index (χ3v) is 5.76. The van der Waals surface area contributed by atoms with Gasteiger partial charge in [0.15, 0.2) is 0 Å². The van der Waals surface area contributed by atoms with Crippen LogP contribution in [0.5, 0.6) is 5.75 Å². The van der Waals surface area contributed by atoms with Crippen molar-refractivity contribution in [2.45, 2.75) is 19.4 Å². The molecule has 9 heteroatoms. The molecule has 156 valence electrons. The molecule has 1 fully saturated rings. The Morgan fingerprint density at radius 3 is 2.97 bits per heavy atom. The van der Waals surface area contributed by atoms with Gasteiger partial charge in [-0.2, -0.15) is 0 Å². The van der Waals surface area contributed by atoms with Gasteiger partial charge in [-0.3, -0.25) is 4.79 Å². The fraction of sp³-hybridized carbons (Fsp3) is 0.333. The fourth-order valence-electron chi connectivity index (χ4n) is 3.21. The Kier molecular flexibility index (Phi) is 6.20. The summed E-state index contributed by atoms with van der Waals surface area (Å²) in [4.78, 5) is 19.4. The first-order chi connectivity index (χ1) is 14.7. The normalized spacial score (nSPS) is 16.3. The maximum Gasteiger partial charge on any atom is 0.254 e. The first-order valence-electron chi connectivity index (χ1n) is 9.77. The van der Waals surface area contributed by atoms with Crippen LogP contribution in [0, 0.1) is 0 Å². The maximum atomic E-state index is 13.0. The standard InChI is InChI=1S/C21H23N5O3S/c1-3-19-24-25-21(30-19)23-18-9-5-8-16(22-18)17-13-26(10-11-29-17)20(27)14-6-4-7-15(12-14)28-2/h4-9,12,17H,3,10-11,13H2,1-2H3,(H,22,23,25). The van der Waals surface area contributed by atoms with Crippen molar-refractivity contribution in [3.05, 3.63) is 58.7 Å². The molecule has 0 spiro atoms. The van der Waals surface area contributed by atoms with Crippen molar-refractivity contribution in [1.82, 2.24) is 20.1 Å². The van der Waals surface area contributed by atoms with E-state index in [1.165, 1.54) is 11.3 Å². The molecule has 1 atom stereocenters. The molecular formula is C21H23N5O3S. The second-order valence-electron chi connectivity index (χ2n) is 6.77. The molecule has 0 radical (unpaired) electrons. The number of morpholine rings is 1. The van der Waals surface area contributed by atoms with Crippen molar-refractivity contribution >= 4 is 28.2 Å². The van der Waals surface area contributed by atoms with E-state index in [1.807, 2.05) is 37.3 Å². The number of carbonyl (C=O) groups is 1. The first-order valence-corrected chi connectivity index (χ1v) is 10.6. The van der Waals surface area contributed by atoms with Crippen molar-refractivity contribution < 1.29 is 14.3 Å². The molecule has 0 aliphatic carbocycles. The van der Waals surface area contributed by atoms with Crippen LogP contribution in [0.1, 0.15) is 34.1 Å². The summed E-state index contributed by atoms with van der Waals surface area (Å²) in [6.45, 7) is 3.47. The number of pyridine rings is 1. The van der Waals surface area contributed by atoms with E-state index in [0.29, 0.717) is 42.0 Å². The number of anilines is 2. The van der Waals surface area contributed by atoms with Gasteiger partial charge in [0, 0.05) is 12.1 Å². The van der Waals surface area contributed by atoms with Gasteiger partial charge in [0.25, 0.3) is 5.91 Å². The summed E-state index contributed by atoms with van der Waals surface area (Å²) < 4.78 is 11.2. The zero-order chi connectivity index (χ0) is 20.9. The van der Waals surface area contributed by atoms with Gasteiger partial charge in [-0.05, 0) is 36.8 Å². The second kappa shape index (κ2) is 9.19. The van der Waals surface area contributed by atoms with Gasteiger partial charge in [-0.25, -0.2) is 4.98 Å². The Balaban J connectivity index is 1.47. The number of methoxy groups -OCH3 is 1. The molecule has 1 amide bonds. The minimum atomic E-state index is -0.296. The Bertz CT molecular complexity index is 1030. The molecule has 3 heterocycles. The quantitative estimate of drug-likeness (QED) is 0.647. The number of ether oxygens (including phenoxy) is 2. The van der Waals surface area contributed by atoms with Crippen LogP contribution >= 0.6 is 11.3 Å². The van der Waals surface area contributed by atoms with E-state index >= 15 is 0 Å². The lowest BCUT2D eigenvalue weighted by molar-refractivity contribution is -0.0246. The van der Waals surface area contributed by atoms with Crippen molar-refractivity contribution in [3.8, 4) is 5.75 Å². The number of amides is 1. The van der Waals surface area contributed by atoms with E-state index in [4.69, 9.17) is 9.47 Å². The molecule has 1 aromatic carbocycles. The molecule has 0 bridgehead atoms. The largest absolute Gasteiger partial charge is 0.497 e. The summed E-state index contributed by atoms with van der Waals surface area (Å²) in [5.74, 6) is 1.29. The molecule has 1 saturated heterocycles. The third kappa shape index (κ3) is 4.58. The van der Waals surface area contributed by atoms with E-state index in [-0.39, 0.29) is 12.0 Å². The van der Waals surface area contributed by atoms with Gasteiger partial charge >= 0.3 is 0 Å². The molecule has 2 aromatic heterocycles. The van der Waals surface area contributed by atoms with Crippen molar-refractivity contribution in [2.75, 3.05) is 32.1 Å². The zero-order valence-electron chi connectivity index (χ0n) is 16.9. The van der Waals surface area contributed by atoms with Crippen molar-refractivity contribution in [1.29, 1.82) is 0 Å². The minimum Gasteiger partial charge on any atom is -0.497 e. The SMILES string of the molecule is CCc1nnc(Nc2cccc(C3CN(C(=O)c4cccc(OC)c4)CCO3)n2)s1. The summed E-state index contributed by atoms with van der Waals surface area (Å²) in [5.41, 5.74) is 1.37. The van der Waals surface area contributed by atoms with Gasteiger partial charge < -0.3 is 19.7 Å². The highest BCUT2D eigenvalue weighted by Crippen LogP contribution is 2.25. The van der Waals surface area contributed by atoms with E-state index in [9.17, 15) is 4.79 Å². The summed E-state index contributed by atoms with van der Waals surface area (Å²) in [5, 5.41) is 13.1. The van der Waals surface area contributed by atoms with E-state index in [0.717, 1.165) is 17.1 Å². The molecule has 0 saturated carbocycles. The smallest absolute Gasteiger partial charge is 0.254 e. The molecule has 1 aliphatic rings. The van der Waals surface area contributed by atoms with Crippen LogP contribution < -0.4 is 10.1 Å². The van der Waals surface area contributed by atoms with Crippen molar-refractivity contribution in [3.63, 3.8) is 0 Å². The monoisotopic (exact) mass is 425 g/mol. The van der Waals surface area contributed by atoms with Crippen LogP contribution in [0.4, 0.5) is 10.9 Å². The average Bonchev–Trinajstić information content (AvgIpc) is 3.26. The lowest BCUT2D eigenvalue weighted by Crippen LogP contribution is -2.42. The van der Waals surface area contributed by atoms with Crippen LogP contribution in [0.25, 0.3) is 0 Å². The van der Waals surface area contributed by atoms with Crippen molar-refractivity contribution in [2.24, 2.45) is 0 Å². The van der Waals surface area contributed by atoms with E-state index < -0.39 is 0 Å². The van der Waals surface area contributed by atoms with Gasteiger partial charge in [0.05, 0.1) is 26.0 Å². The summed E-state index contributed by atoms with van der Waals surface area (Å²) in [6, 6.07) is 12.9. The number of nitrogens with one attached hydrogen (secondary N) is 1. The van der Waals surface area contributed by atoms with Gasteiger partial charge in [0.1, 0.15) is 22.7 Å². The number of benzene rings is 1. The minimum absolute atomic E-state index is 0.0440. The highest BCUT2D eigenvalue weighted by atomic mass is 32.1. The Morgan fingerprint density at radius 2 is 2.17 bits per heavy atom.